The third-order valence-corrected chi connectivity index (χ3v) is 6.66. The Labute approximate surface area is 185 Å². The van der Waals surface area contributed by atoms with Gasteiger partial charge in [-0.25, -0.2) is 14.2 Å². The summed E-state index contributed by atoms with van der Waals surface area (Å²) in [7, 11) is -1.27. The van der Waals surface area contributed by atoms with E-state index in [2.05, 4.69) is 45.2 Å². The molecule has 0 spiro atoms. The molecule has 0 aliphatic carbocycles. The van der Waals surface area contributed by atoms with E-state index in [0.717, 1.165) is 6.04 Å². The van der Waals surface area contributed by atoms with Gasteiger partial charge in [0, 0.05) is 21.2 Å². The maximum atomic E-state index is 14.1. The molecule has 0 aromatic carbocycles. The van der Waals surface area contributed by atoms with Crippen LogP contribution in [0.2, 0.25) is 25.7 Å². The predicted molar refractivity (Wildman–Crippen MR) is 118 cm³/mol. The Balaban J connectivity index is 1.59. The van der Waals surface area contributed by atoms with Crippen molar-refractivity contribution < 1.29 is 28.9 Å². The Kier molecular flexibility index (Phi) is 7.48. The lowest BCUT2D eigenvalue weighted by molar-refractivity contribution is -0.0495. The number of halogens is 1. The monoisotopic (exact) mass is 471 g/mol. The second-order valence-electron chi connectivity index (χ2n) is 8.74. The molecule has 14 heteroatoms. The minimum Gasteiger partial charge on any atom is -0.450 e. The fourth-order valence-electron chi connectivity index (χ4n) is 3.13. The average molecular weight is 472 g/mol. The van der Waals surface area contributed by atoms with E-state index in [1.165, 1.54) is 10.9 Å². The molecular formula is C18H30FN7O5Si. The molecule has 0 bridgehead atoms. The lowest BCUT2D eigenvalue weighted by Crippen LogP contribution is -2.31. The maximum Gasteiger partial charge on any atom is 0.407 e. The fourth-order valence-corrected chi connectivity index (χ4v) is 3.84. The SMILES string of the molecule is C[Si](C)(C)CCOC(=O)NCCNc1nc(N)c2ncn([C@@H]3O[C@H](CO)[C@@H](F)[C@H]3O)c2n1. The second-order valence-corrected chi connectivity index (χ2v) is 14.4. The van der Waals surface area contributed by atoms with Gasteiger partial charge in [0.25, 0.3) is 0 Å². The number of aliphatic hydroxyl groups excluding tert-OH is 2. The van der Waals surface area contributed by atoms with E-state index in [0.29, 0.717) is 13.2 Å². The van der Waals surface area contributed by atoms with Crippen LogP contribution in [0.4, 0.5) is 21.0 Å². The van der Waals surface area contributed by atoms with E-state index < -0.39 is 45.4 Å². The Morgan fingerprint density at radius 3 is 2.78 bits per heavy atom. The third kappa shape index (κ3) is 5.62. The number of amides is 1. The largest absolute Gasteiger partial charge is 0.450 e. The van der Waals surface area contributed by atoms with Gasteiger partial charge >= 0.3 is 6.09 Å². The summed E-state index contributed by atoms with van der Waals surface area (Å²) in [5.41, 5.74) is 6.45. The van der Waals surface area contributed by atoms with Crippen molar-refractivity contribution >= 4 is 37.1 Å². The summed E-state index contributed by atoms with van der Waals surface area (Å²) in [6.07, 6.45) is -4.71. The van der Waals surface area contributed by atoms with Gasteiger partial charge in [0.2, 0.25) is 5.95 Å². The third-order valence-electron chi connectivity index (χ3n) is 4.95. The molecule has 1 aliphatic heterocycles. The molecule has 0 saturated carbocycles. The minimum absolute atomic E-state index is 0.0814. The van der Waals surface area contributed by atoms with Crippen molar-refractivity contribution in [3.63, 3.8) is 0 Å². The number of alkyl carbamates (subject to hydrolysis) is 1. The highest BCUT2D eigenvalue weighted by atomic mass is 28.3. The van der Waals surface area contributed by atoms with Crippen molar-refractivity contribution in [3.8, 4) is 0 Å². The Bertz CT molecular complexity index is 940. The van der Waals surface area contributed by atoms with Crippen molar-refractivity contribution in [1.82, 2.24) is 24.8 Å². The number of aliphatic hydroxyl groups is 2. The lowest BCUT2D eigenvalue weighted by atomic mass is 10.1. The Hall–Kier alpha value is -2.55. The van der Waals surface area contributed by atoms with Gasteiger partial charge in [-0.2, -0.15) is 9.97 Å². The van der Waals surface area contributed by atoms with E-state index in [1.54, 1.807) is 0 Å². The molecule has 6 N–H and O–H groups in total. The van der Waals surface area contributed by atoms with Gasteiger partial charge in [-0.05, 0) is 6.04 Å². The number of nitrogens with zero attached hydrogens (tertiary/aromatic N) is 4. The number of nitrogens with one attached hydrogen (secondary N) is 2. The molecule has 32 heavy (non-hydrogen) atoms. The highest BCUT2D eigenvalue weighted by Gasteiger charge is 2.45. The lowest BCUT2D eigenvalue weighted by Gasteiger charge is -2.16. The van der Waals surface area contributed by atoms with Crippen LogP contribution in [0.3, 0.4) is 0 Å². The summed E-state index contributed by atoms with van der Waals surface area (Å²) in [5, 5.41) is 25.0. The van der Waals surface area contributed by atoms with E-state index in [4.69, 9.17) is 15.2 Å². The molecular weight excluding hydrogens is 441 g/mol. The van der Waals surface area contributed by atoms with Gasteiger partial charge in [-0.15, -0.1) is 0 Å². The number of carbonyl (C=O) groups excluding carboxylic acids is 1. The van der Waals surface area contributed by atoms with Crippen molar-refractivity contribution in [2.75, 3.05) is 37.4 Å². The van der Waals surface area contributed by atoms with Crippen LogP contribution in [0, 0.1) is 0 Å². The number of nitrogen functional groups attached to an aromatic ring is 1. The van der Waals surface area contributed by atoms with E-state index in [1.807, 2.05) is 0 Å². The molecule has 1 saturated heterocycles. The Morgan fingerprint density at radius 1 is 1.38 bits per heavy atom. The first-order valence-corrected chi connectivity index (χ1v) is 14.0. The second kappa shape index (κ2) is 9.93. The molecule has 3 rings (SSSR count). The van der Waals surface area contributed by atoms with Crippen molar-refractivity contribution in [1.29, 1.82) is 0 Å². The maximum absolute atomic E-state index is 14.1. The molecule has 2 aromatic rings. The zero-order valence-corrected chi connectivity index (χ0v) is 19.3. The standard InChI is InChI=1S/C18H30FN7O5Si/c1-32(2,3)7-6-30-18(29)22-5-4-21-17-24-14(20)12-15(25-17)26(9-23-12)16-13(28)11(19)10(8-27)31-16/h9-11,13,16,27-28H,4-8H2,1-3H3,(H,22,29)(H3,20,21,24,25)/t10-,11-,13-,16-/m1/s1. The molecule has 12 nitrogen and oxygen atoms in total. The molecule has 178 valence electrons. The molecule has 3 heterocycles. The van der Waals surface area contributed by atoms with Crippen molar-refractivity contribution in [2.45, 2.75) is 50.3 Å². The molecule has 4 atom stereocenters. The highest BCUT2D eigenvalue weighted by Crippen LogP contribution is 2.33. The molecule has 0 radical (unpaired) electrons. The number of fused-ring (bicyclic) bond motifs is 1. The summed E-state index contributed by atoms with van der Waals surface area (Å²) in [6.45, 7) is 6.98. The normalized spacial score (nSPS) is 23.4. The average Bonchev–Trinajstić information content (AvgIpc) is 3.26. The molecule has 0 unspecified atom stereocenters. The smallest absolute Gasteiger partial charge is 0.407 e. The van der Waals surface area contributed by atoms with Crippen LogP contribution < -0.4 is 16.4 Å². The zero-order chi connectivity index (χ0) is 23.5. The number of ether oxygens (including phenoxy) is 2. The topological polar surface area (TPSA) is 170 Å². The van der Waals surface area contributed by atoms with E-state index >= 15 is 0 Å². The van der Waals surface area contributed by atoms with Crippen LogP contribution in [0.25, 0.3) is 11.2 Å². The predicted octanol–water partition coefficient (Wildman–Crippen LogP) is 0.474. The van der Waals surface area contributed by atoms with Gasteiger partial charge in [-0.1, -0.05) is 19.6 Å². The first kappa shape index (κ1) is 24.1. The van der Waals surface area contributed by atoms with Crippen LogP contribution in [-0.2, 0) is 9.47 Å². The van der Waals surface area contributed by atoms with Crippen LogP contribution in [0.5, 0.6) is 0 Å². The minimum atomic E-state index is -1.75. The number of carbonyl (C=O) groups is 1. The van der Waals surface area contributed by atoms with Crippen molar-refractivity contribution in [3.05, 3.63) is 6.33 Å². The Morgan fingerprint density at radius 2 is 2.12 bits per heavy atom. The summed E-state index contributed by atoms with van der Waals surface area (Å²) >= 11 is 0. The number of anilines is 2. The number of hydrogen-bond donors (Lipinski definition) is 5. The van der Waals surface area contributed by atoms with Crippen molar-refractivity contribution in [2.24, 2.45) is 0 Å². The molecule has 1 fully saturated rings. The van der Waals surface area contributed by atoms with Crippen LogP contribution >= 0.6 is 0 Å². The molecule has 1 amide bonds. The molecule has 2 aromatic heterocycles. The van der Waals surface area contributed by atoms with E-state index in [9.17, 15) is 19.4 Å². The van der Waals surface area contributed by atoms with Crippen LogP contribution in [0.1, 0.15) is 6.23 Å². The summed E-state index contributed by atoms with van der Waals surface area (Å²) < 4.78 is 26.0. The van der Waals surface area contributed by atoms with Gasteiger partial charge < -0.3 is 36.1 Å². The van der Waals surface area contributed by atoms with Gasteiger partial charge in [0.1, 0.15) is 17.7 Å². The number of imidazole rings is 1. The summed E-state index contributed by atoms with van der Waals surface area (Å²) in [5.74, 6) is 0.242. The number of hydrogen-bond acceptors (Lipinski definition) is 10. The number of nitrogens with two attached hydrogens (primary N) is 1. The van der Waals surface area contributed by atoms with Gasteiger partial charge in [-0.3, -0.25) is 4.57 Å². The summed E-state index contributed by atoms with van der Waals surface area (Å²) in [6, 6.07) is 0.890. The van der Waals surface area contributed by atoms with E-state index in [-0.39, 0.29) is 29.5 Å². The number of rotatable bonds is 9. The zero-order valence-electron chi connectivity index (χ0n) is 18.3. The van der Waals surface area contributed by atoms with Crippen LogP contribution in [0.15, 0.2) is 6.33 Å². The highest BCUT2D eigenvalue weighted by molar-refractivity contribution is 6.76. The number of alkyl halides is 1. The number of aromatic nitrogens is 4. The molecule has 1 aliphatic rings. The van der Waals surface area contributed by atoms with Crippen LogP contribution in [-0.4, -0.2) is 88.6 Å². The first-order chi connectivity index (χ1) is 15.1. The summed E-state index contributed by atoms with van der Waals surface area (Å²) in [4.78, 5) is 24.3. The quantitative estimate of drug-likeness (QED) is 0.256. The fraction of sp³-hybridized carbons (Fsp3) is 0.667. The van der Waals surface area contributed by atoms with Gasteiger partial charge in [0.15, 0.2) is 23.9 Å². The first-order valence-electron chi connectivity index (χ1n) is 10.3. The van der Waals surface area contributed by atoms with Gasteiger partial charge in [0.05, 0.1) is 19.5 Å².